The van der Waals surface area contributed by atoms with Gasteiger partial charge in [0.25, 0.3) is 0 Å². The van der Waals surface area contributed by atoms with Crippen LogP contribution in [-0.2, 0) is 0 Å². The first-order chi connectivity index (χ1) is 10.1. The van der Waals surface area contributed by atoms with E-state index in [-0.39, 0.29) is 5.02 Å². The number of fused-ring (bicyclic) bond motifs is 1. The van der Waals surface area contributed by atoms with Gasteiger partial charge in [-0.15, -0.1) is 0 Å². The van der Waals surface area contributed by atoms with Crippen molar-refractivity contribution >= 4 is 34.9 Å². The number of aromatic nitrogens is 2. The molecular weight excluding hydrogens is 311 g/mol. The van der Waals surface area contributed by atoms with Crippen molar-refractivity contribution in [1.29, 1.82) is 0 Å². The van der Waals surface area contributed by atoms with Crippen LogP contribution in [0.4, 0.5) is 4.39 Å². The van der Waals surface area contributed by atoms with Crippen LogP contribution in [-0.4, -0.2) is 16.2 Å². The van der Waals surface area contributed by atoms with E-state index in [2.05, 4.69) is 4.98 Å². The first-order valence-corrected chi connectivity index (χ1v) is 7.22. The molecule has 108 valence electrons. The number of H-pyrrole nitrogens is 1. The number of ether oxygens (including phenoxy) is 1. The fraction of sp³-hybridized carbons (Fsp3) is 0.133. The normalized spacial score (nSPS) is 11.0. The van der Waals surface area contributed by atoms with Crippen molar-refractivity contribution in [3.05, 3.63) is 52.0 Å². The molecule has 0 aliphatic heterocycles. The van der Waals surface area contributed by atoms with Gasteiger partial charge in [0.2, 0.25) is 0 Å². The molecule has 0 aliphatic rings. The van der Waals surface area contributed by atoms with Gasteiger partial charge >= 0.3 is 0 Å². The zero-order valence-corrected chi connectivity index (χ0v) is 12.8. The number of benzene rings is 2. The summed E-state index contributed by atoms with van der Waals surface area (Å²) in [5.74, 6) is 0.273. The monoisotopic (exact) mass is 322 g/mol. The molecule has 0 spiro atoms. The van der Waals surface area contributed by atoms with E-state index in [1.54, 1.807) is 16.7 Å². The Morgan fingerprint density at radius 1 is 1.33 bits per heavy atom. The van der Waals surface area contributed by atoms with Crippen LogP contribution < -0.4 is 4.74 Å². The highest BCUT2D eigenvalue weighted by Crippen LogP contribution is 2.28. The van der Waals surface area contributed by atoms with Crippen molar-refractivity contribution in [2.24, 2.45) is 0 Å². The Kier molecular flexibility index (Phi) is 3.69. The Balaban J connectivity index is 2.27. The van der Waals surface area contributed by atoms with Gasteiger partial charge in [-0.05, 0) is 49.5 Å². The largest absolute Gasteiger partial charge is 0.492 e. The summed E-state index contributed by atoms with van der Waals surface area (Å²) in [4.78, 5) is 3.13. The average Bonchev–Trinajstić information content (AvgIpc) is 2.80. The molecule has 0 fully saturated rings. The standard InChI is InChI=1S/C15H12ClFN2OS/c1-2-20-13-5-3-4-12-14(13)18-15(21)19(12)9-6-7-11(17)10(16)8-9/h3-8H,2H2,1H3,(H,18,21). The number of halogens is 2. The fourth-order valence-electron chi connectivity index (χ4n) is 2.26. The van der Waals surface area contributed by atoms with Crippen molar-refractivity contribution in [2.75, 3.05) is 6.61 Å². The van der Waals surface area contributed by atoms with E-state index in [0.29, 0.717) is 17.1 Å². The maximum Gasteiger partial charge on any atom is 0.182 e. The molecule has 21 heavy (non-hydrogen) atoms. The van der Waals surface area contributed by atoms with Gasteiger partial charge in [-0.1, -0.05) is 17.7 Å². The van der Waals surface area contributed by atoms with E-state index >= 15 is 0 Å². The highest BCUT2D eigenvalue weighted by Gasteiger charge is 2.11. The maximum absolute atomic E-state index is 13.3. The predicted octanol–water partition coefficient (Wildman–Crippen LogP) is 4.88. The third-order valence-corrected chi connectivity index (χ3v) is 3.72. The number of imidazole rings is 1. The molecule has 0 aliphatic carbocycles. The van der Waals surface area contributed by atoms with E-state index in [9.17, 15) is 4.39 Å². The van der Waals surface area contributed by atoms with Crippen molar-refractivity contribution in [2.45, 2.75) is 6.92 Å². The van der Waals surface area contributed by atoms with Gasteiger partial charge in [-0.3, -0.25) is 4.57 Å². The van der Waals surface area contributed by atoms with Crippen LogP contribution in [0.15, 0.2) is 36.4 Å². The zero-order valence-electron chi connectivity index (χ0n) is 11.2. The first kappa shape index (κ1) is 14.1. The van der Waals surface area contributed by atoms with E-state index in [1.165, 1.54) is 6.07 Å². The van der Waals surface area contributed by atoms with Crippen LogP contribution in [0.1, 0.15) is 6.92 Å². The molecule has 3 nitrogen and oxygen atoms in total. The Labute approximate surface area is 130 Å². The first-order valence-electron chi connectivity index (χ1n) is 6.43. The molecule has 0 unspecified atom stereocenters. The maximum atomic E-state index is 13.3. The van der Waals surface area contributed by atoms with Gasteiger partial charge in [0.15, 0.2) is 4.77 Å². The second-order valence-corrected chi connectivity index (χ2v) is 5.24. The van der Waals surface area contributed by atoms with Gasteiger partial charge in [0.1, 0.15) is 17.1 Å². The summed E-state index contributed by atoms with van der Waals surface area (Å²) in [5.41, 5.74) is 2.37. The number of aromatic amines is 1. The zero-order chi connectivity index (χ0) is 15.0. The molecule has 3 aromatic rings. The highest BCUT2D eigenvalue weighted by molar-refractivity contribution is 7.71. The summed E-state index contributed by atoms with van der Waals surface area (Å²) in [6.45, 7) is 2.48. The van der Waals surface area contributed by atoms with Crippen LogP contribution in [0.25, 0.3) is 16.7 Å². The molecule has 0 amide bonds. The molecule has 0 radical (unpaired) electrons. The lowest BCUT2D eigenvalue weighted by molar-refractivity contribution is 0.343. The molecule has 1 aromatic heterocycles. The van der Waals surface area contributed by atoms with E-state index in [1.807, 2.05) is 25.1 Å². The average molecular weight is 323 g/mol. The number of hydrogen-bond donors (Lipinski definition) is 1. The molecule has 0 atom stereocenters. The smallest absolute Gasteiger partial charge is 0.182 e. The third kappa shape index (κ3) is 2.43. The second kappa shape index (κ2) is 5.50. The van der Waals surface area contributed by atoms with Crippen molar-refractivity contribution < 1.29 is 9.13 Å². The third-order valence-electron chi connectivity index (χ3n) is 3.14. The minimum atomic E-state index is -0.457. The summed E-state index contributed by atoms with van der Waals surface area (Å²) in [7, 11) is 0. The Bertz CT molecular complexity index is 872. The van der Waals surface area contributed by atoms with Crippen LogP contribution in [0.3, 0.4) is 0 Å². The van der Waals surface area contributed by atoms with Gasteiger partial charge < -0.3 is 9.72 Å². The lowest BCUT2D eigenvalue weighted by Gasteiger charge is -2.07. The van der Waals surface area contributed by atoms with Crippen LogP contribution >= 0.6 is 23.8 Å². The molecule has 3 rings (SSSR count). The number of nitrogens with zero attached hydrogens (tertiary/aromatic N) is 1. The molecule has 1 heterocycles. The molecule has 0 saturated heterocycles. The van der Waals surface area contributed by atoms with E-state index in [4.69, 9.17) is 28.6 Å². The van der Waals surface area contributed by atoms with Crippen LogP contribution in [0, 0.1) is 10.6 Å². The number of para-hydroxylation sites is 1. The summed E-state index contributed by atoms with van der Waals surface area (Å²) in [6, 6.07) is 10.2. The molecule has 0 bridgehead atoms. The molecule has 6 heteroatoms. The van der Waals surface area contributed by atoms with Gasteiger partial charge in [0.05, 0.1) is 22.8 Å². The number of hydrogen-bond acceptors (Lipinski definition) is 2. The van der Waals surface area contributed by atoms with Gasteiger partial charge in [0, 0.05) is 0 Å². The molecule has 2 aromatic carbocycles. The quantitative estimate of drug-likeness (QED) is 0.696. The van der Waals surface area contributed by atoms with Crippen LogP contribution in [0.2, 0.25) is 5.02 Å². The predicted molar refractivity (Wildman–Crippen MR) is 84.6 cm³/mol. The minimum Gasteiger partial charge on any atom is -0.492 e. The van der Waals surface area contributed by atoms with Gasteiger partial charge in [-0.25, -0.2) is 4.39 Å². The van der Waals surface area contributed by atoms with Crippen molar-refractivity contribution in [3.8, 4) is 11.4 Å². The topological polar surface area (TPSA) is 29.9 Å². The van der Waals surface area contributed by atoms with Crippen molar-refractivity contribution in [3.63, 3.8) is 0 Å². The minimum absolute atomic E-state index is 0.0599. The SMILES string of the molecule is CCOc1cccc2c1[nH]c(=S)n2-c1ccc(F)c(Cl)c1. The molecule has 0 saturated carbocycles. The Hall–Kier alpha value is -1.85. The summed E-state index contributed by atoms with van der Waals surface area (Å²) in [5, 5.41) is 0.0599. The Morgan fingerprint density at radius 2 is 2.14 bits per heavy atom. The lowest BCUT2D eigenvalue weighted by Crippen LogP contribution is -1.95. The van der Waals surface area contributed by atoms with Crippen molar-refractivity contribution in [1.82, 2.24) is 9.55 Å². The molecular formula is C15H12ClFN2OS. The fourth-order valence-corrected chi connectivity index (χ4v) is 2.74. The number of rotatable bonds is 3. The van der Waals surface area contributed by atoms with Gasteiger partial charge in [-0.2, -0.15) is 0 Å². The summed E-state index contributed by atoms with van der Waals surface area (Å²) >= 11 is 11.2. The van der Waals surface area contributed by atoms with Crippen LogP contribution in [0.5, 0.6) is 5.75 Å². The molecule has 1 N–H and O–H groups in total. The number of nitrogens with one attached hydrogen (secondary N) is 1. The second-order valence-electron chi connectivity index (χ2n) is 4.45. The van der Waals surface area contributed by atoms with E-state index in [0.717, 1.165) is 16.8 Å². The lowest BCUT2D eigenvalue weighted by atomic mass is 10.2. The highest BCUT2D eigenvalue weighted by atomic mass is 35.5. The summed E-state index contributed by atoms with van der Waals surface area (Å²) in [6.07, 6.45) is 0. The summed E-state index contributed by atoms with van der Waals surface area (Å²) < 4.78 is 21.2. The Morgan fingerprint density at radius 3 is 2.86 bits per heavy atom. The van der Waals surface area contributed by atoms with E-state index < -0.39 is 5.82 Å².